The average molecular weight is 369 g/mol. The van der Waals surface area contributed by atoms with Crippen molar-refractivity contribution in [3.05, 3.63) is 65.7 Å². The van der Waals surface area contributed by atoms with Gasteiger partial charge in [0.1, 0.15) is 0 Å². The van der Waals surface area contributed by atoms with E-state index in [9.17, 15) is 0 Å². The predicted octanol–water partition coefficient (Wildman–Crippen LogP) is 3.07. The van der Waals surface area contributed by atoms with Crippen LogP contribution in [0, 0.1) is 0 Å². The predicted molar refractivity (Wildman–Crippen MR) is 103 cm³/mol. The van der Waals surface area contributed by atoms with Gasteiger partial charge in [-0.05, 0) is 31.0 Å². The Morgan fingerprint density at radius 3 is 2.85 bits per heavy atom. The molecule has 3 aromatic rings. The van der Waals surface area contributed by atoms with E-state index in [0.717, 1.165) is 49.7 Å². The fourth-order valence-electron chi connectivity index (χ4n) is 3.26. The number of halogens is 1. The van der Waals surface area contributed by atoms with Gasteiger partial charge in [0.2, 0.25) is 5.95 Å². The summed E-state index contributed by atoms with van der Waals surface area (Å²) in [6, 6.07) is 9.98. The minimum Gasteiger partial charge on any atom is -0.339 e. The second-order valence-electron chi connectivity index (χ2n) is 6.46. The third kappa shape index (κ3) is 3.86. The van der Waals surface area contributed by atoms with E-state index in [2.05, 4.69) is 25.3 Å². The summed E-state index contributed by atoms with van der Waals surface area (Å²) in [4.78, 5) is 11.0. The maximum absolute atomic E-state index is 6.25. The van der Waals surface area contributed by atoms with Gasteiger partial charge in [0.05, 0.1) is 16.9 Å². The summed E-state index contributed by atoms with van der Waals surface area (Å²) in [6.07, 6.45) is 9.79. The van der Waals surface area contributed by atoms with E-state index in [-0.39, 0.29) is 0 Å². The smallest absolute Gasteiger partial charge is 0.225 e. The molecule has 0 bridgehead atoms. The molecule has 6 nitrogen and oxygen atoms in total. The Labute approximate surface area is 157 Å². The number of hydrogen-bond acceptors (Lipinski definition) is 5. The molecule has 1 atom stereocenters. The minimum atomic E-state index is 0.413. The van der Waals surface area contributed by atoms with Crippen molar-refractivity contribution in [3.63, 3.8) is 0 Å². The van der Waals surface area contributed by atoms with Crippen LogP contribution < -0.4 is 10.2 Å². The summed E-state index contributed by atoms with van der Waals surface area (Å²) < 4.78 is 1.82. The lowest BCUT2D eigenvalue weighted by Crippen LogP contribution is -2.46. The van der Waals surface area contributed by atoms with Crippen LogP contribution in [0.2, 0.25) is 5.02 Å². The van der Waals surface area contributed by atoms with E-state index < -0.39 is 0 Å². The first-order valence-electron chi connectivity index (χ1n) is 8.83. The standard InChI is InChI=1S/C19H21ClN6/c20-17-6-1-2-7-18(17)26-13-15(12-24-26)11-23-16-5-3-10-25(14-16)19-21-8-4-9-22-19/h1-2,4,6-9,12-13,16,23H,3,5,10-11,14H2. The number of nitrogens with zero attached hydrogens (tertiary/aromatic N) is 5. The van der Waals surface area contributed by atoms with Crippen molar-refractivity contribution in [3.8, 4) is 5.69 Å². The maximum Gasteiger partial charge on any atom is 0.225 e. The monoisotopic (exact) mass is 368 g/mol. The number of rotatable bonds is 5. The van der Waals surface area contributed by atoms with Crippen LogP contribution in [0.3, 0.4) is 0 Å². The molecule has 0 saturated carbocycles. The lowest BCUT2D eigenvalue weighted by Gasteiger charge is -2.33. The Kier molecular flexibility index (Phi) is 5.13. The van der Waals surface area contributed by atoms with Gasteiger partial charge >= 0.3 is 0 Å². The molecule has 4 rings (SSSR count). The van der Waals surface area contributed by atoms with Gasteiger partial charge in [0.25, 0.3) is 0 Å². The number of nitrogens with one attached hydrogen (secondary N) is 1. The first-order valence-corrected chi connectivity index (χ1v) is 9.21. The van der Waals surface area contributed by atoms with E-state index in [1.165, 1.54) is 0 Å². The van der Waals surface area contributed by atoms with Gasteiger partial charge < -0.3 is 10.2 Å². The van der Waals surface area contributed by atoms with Gasteiger partial charge in [-0.15, -0.1) is 0 Å². The van der Waals surface area contributed by atoms with Gasteiger partial charge in [-0.25, -0.2) is 14.6 Å². The Balaban J connectivity index is 1.36. The molecule has 1 fully saturated rings. The van der Waals surface area contributed by atoms with E-state index in [1.54, 1.807) is 12.4 Å². The lowest BCUT2D eigenvalue weighted by atomic mass is 10.1. The van der Waals surface area contributed by atoms with Crippen LogP contribution in [0.1, 0.15) is 18.4 Å². The summed E-state index contributed by atoms with van der Waals surface area (Å²) in [5.41, 5.74) is 2.03. The third-order valence-corrected chi connectivity index (χ3v) is 4.91. The van der Waals surface area contributed by atoms with Gasteiger partial charge in [-0.2, -0.15) is 5.10 Å². The zero-order valence-electron chi connectivity index (χ0n) is 14.4. The normalized spacial score (nSPS) is 17.4. The fraction of sp³-hybridized carbons (Fsp3) is 0.316. The van der Waals surface area contributed by atoms with E-state index >= 15 is 0 Å². The minimum absolute atomic E-state index is 0.413. The van der Waals surface area contributed by atoms with Crippen molar-refractivity contribution in [2.45, 2.75) is 25.4 Å². The molecule has 2 aromatic heterocycles. The molecular formula is C19H21ClN6. The maximum atomic E-state index is 6.25. The average Bonchev–Trinajstić information content (AvgIpc) is 3.16. The Hall–Kier alpha value is -2.44. The Morgan fingerprint density at radius 1 is 1.15 bits per heavy atom. The zero-order valence-corrected chi connectivity index (χ0v) is 15.2. The molecule has 0 amide bonds. The van der Waals surface area contributed by atoms with Gasteiger partial charge in [0, 0.05) is 49.8 Å². The van der Waals surface area contributed by atoms with Crippen LogP contribution in [-0.4, -0.2) is 38.9 Å². The van der Waals surface area contributed by atoms with Crippen molar-refractivity contribution in [2.24, 2.45) is 0 Å². The number of hydrogen-bond donors (Lipinski definition) is 1. The van der Waals surface area contributed by atoms with Crippen molar-refractivity contribution in [2.75, 3.05) is 18.0 Å². The summed E-state index contributed by atoms with van der Waals surface area (Å²) in [6.45, 7) is 2.70. The fourth-order valence-corrected chi connectivity index (χ4v) is 3.49. The molecule has 1 unspecified atom stereocenters. The van der Waals surface area contributed by atoms with Crippen LogP contribution in [-0.2, 0) is 6.54 Å². The molecule has 26 heavy (non-hydrogen) atoms. The number of anilines is 1. The van der Waals surface area contributed by atoms with E-state index in [0.29, 0.717) is 11.1 Å². The number of piperidine rings is 1. The van der Waals surface area contributed by atoms with Crippen molar-refractivity contribution in [1.82, 2.24) is 25.1 Å². The highest BCUT2D eigenvalue weighted by Crippen LogP contribution is 2.20. The van der Waals surface area contributed by atoms with Gasteiger partial charge in [-0.1, -0.05) is 23.7 Å². The molecule has 1 aromatic carbocycles. The van der Waals surface area contributed by atoms with Crippen molar-refractivity contribution < 1.29 is 0 Å². The molecule has 1 aliphatic rings. The second kappa shape index (κ2) is 7.85. The molecule has 134 valence electrons. The number of para-hydroxylation sites is 1. The molecule has 1 saturated heterocycles. The lowest BCUT2D eigenvalue weighted by molar-refractivity contribution is 0.418. The summed E-state index contributed by atoms with van der Waals surface area (Å²) in [7, 11) is 0. The molecule has 3 heterocycles. The van der Waals surface area contributed by atoms with E-state index in [1.807, 2.05) is 47.4 Å². The molecule has 0 spiro atoms. The highest BCUT2D eigenvalue weighted by Gasteiger charge is 2.21. The number of aromatic nitrogens is 4. The first kappa shape index (κ1) is 17.0. The number of benzene rings is 1. The van der Waals surface area contributed by atoms with Gasteiger partial charge in [-0.3, -0.25) is 0 Å². The SMILES string of the molecule is Clc1ccccc1-n1cc(CNC2CCCN(c3ncccn3)C2)cn1. The van der Waals surface area contributed by atoms with Gasteiger partial charge in [0.15, 0.2) is 0 Å². The Bertz CT molecular complexity index is 850. The molecule has 0 aliphatic carbocycles. The van der Waals surface area contributed by atoms with Crippen LogP contribution in [0.5, 0.6) is 0 Å². The highest BCUT2D eigenvalue weighted by atomic mass is 35.5. The molecule has 7 heteroatoms. The van der Waals surface area contributed by atoms with Crippen molar-refractivity contribution >= 4 is 17.5 Å². The summed E-state index contributed by atoms with van der Waals surface area (Å²) >= 11 is 6.25. The second-order valence-corrected chi connectivity index (χ2v) is 6.87. The van der Waals surface area contributed by atoms with Crippen LogP contribution in [0.25, 0.3) is 5.69 Å². The summed E-state index contributed by atoms with van der Waals surface area (Å²) in [5, 5.41) is 8.76. The van der Waals surface area contributed by atoms with Crippen LogP contribution in [0.4, 0.5) is 5.95 Å². The van der Waals surface area contributed by atoms with Crippen LogP contribution in [0.15, 0.2) is 55.1 Å². The largest absolute Gasteiger partial charge is 0.339 e. The molecule has 1 N–H and O–H groups in total. The molecular weight excluding hydrogens is 348 g/mol. The highest BCUT2D eigenvalue weighted by molar-refractivity contribution is 6.32. The Morgan fingerprint density at radius 2 is 2.00 bits per heavy atom. The topological polar surface area (TPSA) is 58.9 Å². The van der Waals surface area contributed by atoms with E-state index in [4.69, 9.17) is 11.6 Å². The first-order chi connectivity index (χ1) is 12.8. The summed E-state index contributed by atoms with van der Waals surface area (Å²) in [5.74, 6) is 0.811. The van der Waals surface area contributed by atoms with Crippen molar-refractivity contribution in [1.29, 1.82) is 0 Å². The third-order valence-electron chi connectivity index (χ3n) is 4.59. The molecule has 1 aliphatic heterocycles. The molecule has 0 radical (unpaired) electrons. The van der Waals surface area contributed by atoms with Crippen LogP contribution >= 0.6 is 11.6 Å². The quantitative estimate of drug-likeness (QED) is 0.750. The zero-order chi connectivity index (χ0) is 17.8.